The first-order valence-corrected chi connectivity index (χ1v) is 6.75. The first-order valence-electron chi connectivity index (χ1n) is 6.75. The van der Waals surface area contributed by atoms with Gasteiger partial charge in [0.2, 0.25) is 5.91 Å². The third-order valence-corrected chi connectivity index (χ3v) is 3.08. The van der Waals surface area contributed by atoms with Gasteiger partial charge in [-0.3, -0.25) is 9.69 Å². The molecule has 0 saturated carbocycles. The highest BCUT2D eigenvalue weighted by atomic mass is 16.5. The Bertz CT molecular complexity index is 231. The van der Waals surface area contributed by atoms with Gasteiger partial charge in [0.25, 0.3) is 0 Å². The second-order valence-corrected chi connectivity index (χ2v) is 5.05. The lowest BCUT2D eigenvalue weighted by atomic mass is 10.2. The Morgan fingerprint density at radius 1 is 1.53 bits per heavy atom. The number of hydrogen-bond donors (Lipinski definition) is 1. The third-order valence-electron chi connectivity index (χ3n) is 3.08. The van der Waals surface area contributed by atoms with Crippen molar-refractivity contribution in [1.29, 1.82) is 0 Å². The average molecular weight is 242 g/mol. The van der Waals surface area contributed by atoms with Crippen LogP contribution in [-0.2, 0) is 9.53 Å². The summed E-state index contributed by atoms with van der Waals surface area (Å²) in [7, 11) is 0. The maximum atomic E-state index is 11.5. The molecule has 0 radical (unpaired) electrons. The molecule has 1 fully saturated rings. The van der Waals surface area contributed by atoms with E-state index in [9.17, 15) is 4.79 Å². The molecule has 1 aliphatic heterocycles. The normalized spacial score (nSPS) is 21.8. The van der Waals surface area contributed by atoms with Crippen molar-refractivity contribution in [2.75, 3.05) is 32.8 Å². The average Bonchev–Trinajstić information content (AvgIpc) is 2.33. The lowest BCUT2D eigenvalue weighted by Gasteiger charge is -2.33. The van der Waals surface area contributed by atoms with Gasteiger partial charge >= 0.3 is 0 Å². The lowest BCUT2D eigenvalue weighted by molar-refractivity contribution is -0.125. The van der Waals surface area contributed by atoms with Crippen molar-refractivity contribution >= 4 is 5.91 Å². The Labute approximate surface area is 105 Å². The molecule has 0 aromatic rings. The molecule has 1 N–H and O–H groups in total. The standard InChI is InChI=1S/C13H26N2O2/c1-4-5-6-15-7-8-17-12(10-15)9-14-13(16)11(2)3/h11-12H,4-10H2,1-3H3,(H,14,16). The molecular weight excluding hydrogens is 216 g/mol. The molecule has 1 heterocycles. The molecule has 1 saturated heterocycles. The number of unbranched alkanes of at least 4 members (excludes halogenated alkanes) is 1. The van der Waals surface area contributed by atoms with E-state index in [-0.39, 0.29) is 17.9 Å². The number of hydrogen-bond acceptors (Lipinski definition) is 3. The van der Waals surface area contributed by atoms with Gasteiger partial charge in [-0.05, 0) is 13.0 Å². The topological polar surface area (TPSA) is 41.6 Å². The molecule has 1 rings (SSSR count). The van der Waals surface area contributed by atoms with Crippen molar-refractivity contribution in [3.05, 3.63) is 0 Å². The Kier molecular flexibility index (Phi) is 6.52. The molecule has 100 valence electrons. The van der Waals surface area contributed by atoms with Crippen LogP contribution in [0.25, 0.3) is 0 Å². The maximum Gasteiger partial charge on any atom is 0.222 e. The van der Waals surface area contributed by atoms with Crippen molar-refractivity contribution in [1.82, 2.24) is 10.2 Å². The Hall–Kier alpha value is -0.610. The zero-order valence-electron chi connectivity index (χ0n) is 11.4. The molecule has 0 bridgehead atoms. The Morgan fingerprint density at radius 3 is 2.94 bits per heavy atom. The quantitative estimate of drug-likeness (QED) is 0.762. The van der Waals surface area contributed by atoms with E-state index < -0.39 is 0 Å². The minimum atomic E-state index is 0.0507. The van der Waals surface area contributed by atoms with E-state index in [2.05, 4.69) is 17.1 Å². The van der Waals surface area contributed by atoms with E-state index in [1.54, 1.807) is 0 Å². The van der Waals surface area contributed by atoms with Crippen molar-refractivity contribution in [2.45, 2.75) is 39.7 Å². The van der Waals surface area contributed by atoms with Crippen LogP contribution >= 0.6 is 0 Å². The number of nitrogens with zero attached hydrogens (tertiary/aromatic N) is 1. The molecule has 1 atom stereocenters. The molecule has 0 aromatic heterocycles. The highest BCUT2D eigenvalue weighted by molar-refractivity contribution is 5.77. The number of amides is 1. The monoisotopic (exact) mass is 242 g/mol. The van der Waals surface area contributed by atoms with Gasteiger partial charge in [-0.15, -0.1) is 0 Å². The smallest absolute Gasteiger partial charge is 0.222 e. The fraction of sp³-hybridized carbons (Fsp3) is 0.923. The summed E-state index contributed by atoms with van der Waals surface area (Å²) >= 11 is 0. The number of rotatable bonds is 6. The van der Waals surface area contributed by atoms with Gasteiger partial charge < -0.3 is 10.1 Å². The molecule has 17 heavy (non-hydrogen) atoms. The largest absolute Gasteiger partial charge is 0.374 e. The van der Waals surface area contributed by atoms with Crippen LogP contribution in [0.2, 0.25) is 0 Å². The van der Waals surface area contributed by atoms with Crippen molar-refractivity contribution in [2.24, 2.45) is 5.92 Å². The molecule has 1 unspecified atom stereocenters. The second-order valence-electron chi connectivity index (χ2n) is 5.05. The summed E-state index contributed by atoms with van der Waals surface area (Å²) < 4.78 is 5.66. The Balaban J connectivity index is 2.22. The summed E-state index contributed by atoms with van der Waals surface area (Å²) in [5.74, 6) is 0.161. The molecule has 0 aromatic carbocycles. The minimum Gasteiger partial charge on any atom is -0.374 e. The summed E-state index contributed by atoms with van der Waals surface area (Å²) in [4.78, 5) is 13.9. The van der Waals surface area contributed by atoms with Gasteiger partial charge in [0.1, 0.15) is 0 Å². The van der Waals surface area contributed by atoms with Crippen molar-refractivity contribution in [3.63, 3.8) is 0 Å². The van der Waals surface area contributed by atoms with E-state index in [0.29, 0.717) is 6.54 Å². The van der Waals surface area contributed by atoms with Crippen LogP contribution in [0.5, 0.6) is 0 Å². The van der Waals surface area contributed by atoms with Gasteiger partial charge in [0.05, 0.1) is 12.7 Å². The highest BCUT2D eigenvalue weighted by Crippen LogP contribution is 2.06. The molecule has 1 aliphatic rings. The SMILES string of the molecule is CCCCN1CCOC(CNC(=O)C(C)C)C1. The summed E-state index contributed by atoms with van der Waals surface area (Å²) in [6, 6.07) is 0. The van der Waals surface area contributed by atoms with E-state index >= 15 is 0 Å². The number of morpholine rings is 1. The van der Waals surface area contributed by atoms with Crippen LogP contribution in [-0.4, -0.2) is 49.7 Å². The molecular formula is C13H26N2O2. The zero-order valence-corrected chi connectivity index (χ0v) is 11.4. The first-order chi connectivity index (χ1) is 8.13. The first kappa shape index (κ1) is 14.5. The van der Waals surface area contributed by atoms with Crippen LogP contribution in [0, 0.1) is 5.92 Å². The summed E-state index contributed by atoms with van der Waals surface area (Å²) in [6.07, 6.45) is 2.63. The predicted octanol–water partition coefficient (Wildman–Crippen LogP) is 1.26. The third kappa shape index (κ3) is 5.50. The fourth-order valence-corrected chi connectivity index (χ4v) is 1.91. The number of carbonyl (C=O) groups excluding carboxylic acids is 1. The zero-order chi connectivity index (χ0) is 12.7. The second kappa shape index (κ2) is 7.67. The van der Waals surface area contributed by atoms with E-state index in [1.807, 2.05) is 13.8 Å². The van der Waals surface area contributed by atoms with Crippen LogP contribution < -0.4 is 5.32 Å². The number of ether oxygens (including phenoxy) is 1. The van der Waals surface area contributed by atoms with Crippen LogP contribution in [0.1, 0.15) is 33.6 Å². The molecule has 1 amide bonds. The highest BCUT2D eigenvalue weighted by Gasteiger charge is 2.20. The lowest BCUT2D eigenvalue weighted by Crippen LogP contribution is -2.48. The molecule has 4 nitrogen and oxygen atoms in total. The van der Waals surface area contributed by atoms with E-state index in [4.69, 9.17) is 4.74 Å². The number of carbonyl (C=O) groups is 1. The predicted molar refractivity (Wildman–Crippen MR) is 68.9 cm³/mol. The van der Waals surface area contributed by atoms with Gasteiger partial charge in [-0.1, -0.05) is 27.2 Å². The molecule has 0 aliphatic carbocycles. The van der Waals surface area contributed by atoms with E-state index in [0.717, 1.165) is 26.2 Å². The van der Waals surface area contributed by atoms with Gasteiger partial charge in [-0.25, -0.2) is 0 Å². The number of nitrogens with one attached hydrogen (secondary N) is 1. The van der Waals surface area contributed by atoms with Crippen molar-refractivity contribution < 1.29 is 9.53 Å². The van der Waals surface area contributed by atoms with Crippen LogP contribution in [0.3, 0.4) is 0 Å². The van der Waals surface area contributed by atoms with Gasteiger partial charge in [0, 0.05) is 25.6 Å². The van der Waals surface area contributed by atoms with Crippen LogP contribution in [0.4, 0.5) is 0 Å². The fourth-order valence-electron chi connectivity index (χ4n) is 1.91. The maximum absolute atomic E-state index is 11.5. The van der Waals surface area contributed by atoms with Gasteiger partial charge in [-0.2, -0.15) is 0 Å². The van der Waals surface area contributed by atoms with Crippen molar-refractivity contribution in [3.8, 4) is 0 Å². The minimum absolute atomic E-state index is 0.0507. The summed E-state index contributed by atoms with van der Waals surface area (Å²) in [5.41, 5.74) is 0. The van der Waals surface area contributed by atoms with Gasteiger partial charge in [0.15, 0.2) is 0 Å². The van der Waals surface area contributed by atoms with E-state index in [1.165, 1.54) is 12.8 Å². The molecule has 0 spiro atoms. The van der Waals surface area contributed by atoms with Crippen LogP contribution in [0.15, 0.2) is 0 Å². The summed E-state index contributed by atoms with van der Waals surface area (Å²) in [5, 5.41) is 2.94. The Morgan fingerprint density at radius 2 is 2.29 bits per heavy atom. The molecule has 4 heteroatoms. The summed E-state index contributed by atoms with van der Waals surface area (Å²) in [6.45, 7) is 10.6.